The van der Waals surface area contributed by atoms with Crippen molar-refractivity contribution in [2.24, 2.45) is 0 Å². The Morgan fingerprint density at radius 3 is 2.33 bits per heavy atom. The molecule has 0 amide bonds. The minimum absolute atomic E-state index is 0.210. The molecular weight excluding hydrogens is 352 g/mol. The molecule has 6 heteroatoms. The first-order valence-corrected chi connectivity index (χ1v) is 8.65. The molecule has 1 unspecified atom stereocenters. The molecular formula is C15H17BrN2O2S. The first-order chi connectivity index (χ1) is 9.84. The predicted molar refractivity (Wildman–Crippen MR) is 88.4 cm³/mol. The van der Waals surface area contributed by atoms with E-state index in [2.05, 4.69) is 15.9 Å². The van der Waals surface area contributed by atoms with Gasteiger partial charge in [0, 0.05) is 23.2 Å². The van der Waals surface area contributed by atoms with Gasteiger partial charge in [-0.25, -0.2) is 8.42 Å². The summed E-state index contributed by atoms with van der Waals surface area (Å²) in [5.41, 5.74) is 7.11. The van der Waals surface area contributed by atoms with Crippen molar-refractivity contribution in [1.29, 1.82) is 0 Å². The predicted octanol–water partition coefficient (Wildman–Crippen LogP) is 3.41. The number of benzene rings is 2. The van der Waals surface area contributed by atoms with Crippen LogP contribution in [0.3, 0.4) is 0 Å². The third-order valence-electron chi connectivity index (χ3n) is 3.44. The lowest BCUT2D eigenvalue weighted by molar-refractivity contribution is 0.398. The number of nitrogens with zero attached hydrogens (tertiary/aromatic N) is 1. The van der Waals surface area contributed by atoms with Crippen LogP contribution in [0.15, 0.2) is 57.9 Å². The lowest BCUT2D eigenvalue weighted by atomic mass is 10.1. The number of rotatable bonds is 4. The third-order valence-corrected chi connectivity index (χ3v) is 6.35. The molecule has 2 N–H and O–H groups in total. The quantitative estimate of drug-likeness (QED) is 0.840. The molecule has 0 aromatic heterocycles. The number of nitrogens with two attached hydrogens (primary N) is 1. The van der Waals surface area contributed by atoms with Gasteiger partial charge in [0.25, 0.3) is 0 Å². The summed E-state index contributed by atoms with van der Waals surface area (Å²) < 4.78 is 27.3. The highest BCUT2D eigenvalue weighted by atomic mass is 79.9. The summed E-state index contributed by atoms with van der Waals surface area (Å²) in [5.74, 6) is 0. The zero-order valence-corrected chi connectivity index (χ0v) is 14.2. The summed E-state index contributed by atoms with van der Waals surface area (Å²) in [5, 5.41) is 0. The number of anilines is 1. The second-order valence-electron chi connectivity index (χ2n) is 4.80. The molecule has 2 aromatic rings. The van der Waals surface area contributed by atoms with Gasteiger partial charge in [0.15, 0.2) is 0 Å². The topological polar surface area (TPSA) is 63.4 Å². The van der Waals surface area contributed by atoms with E-state index in [1.165, 1.54) is 10.4 Å². The molecule has 0 spiro atoms. The summed E-state index contributed by atoms with van der Waals surface area (Å²) in [4.78, 5) is 0.210. The van der Waals surface area contributed by atoms with Crippen molar-refractivity contribution in [3.05, 3.63) is 58.6 Å². The molecule has 0 saturated carbocycles. The maximum absolute atomic E-state index is 12.7. The second-order valence-corrected chi connectivity index (χ2v) is 7.62. The van der Waals surface area contributed by atoms with Crippen LogP contribution in [0.4, 0.5) is 5.69 Å². The van der Waals surface area contributed by atoms with Crippen LogP contribution in [0.2, 0.25) is 0 Å². The maximum atomic E-state index is 12.7. The fourth-order valence-corrected chi connectivity index (χ4v) is 4.43. The standard InChI is InChI=1S/C15H17BrN2O2S/c1-11(12-6-4-3-5-7-12)18(2)21(19,20)15-9-8-13(17)10-14(15)16/h3-11H,17H2,1-2H3. The van der Waals surface area contributed by atoms with Crippen LogP contribution < -0.4 is 5.73 Å². The van der Waals surface area contributed by atoms with Gasteiger partial charge in [0.1, 0.15) is 0 Å². The van der Waals surface area contributed by atoms with E-state index in [9.17, 15) is 8.42 Å². The highest BCUT2D eigenvalue weighted by molar-refractivity contribution is 9.10. The number of nitrogen functional groups attached to an aromatic ring is 1. The van der Waals surface area contributed by atoms with Crippen LogP contribution in [0.1, 0.15) is 18.5 Å². The summed E-state index contributed by atoms with van der Waals surface area (Å²) in [6, 6.07) is 13.9. The molecule has 2 rings (SSSR count). The molecule has 0 saturated heterocycles. The van der Waals surface area contributed by atoms with Crippen molar-refractivity contribution in [1.82, 2.24) is 4.31 Å². The molecule has 2 aromatic carbocycles. The molecule has 1 atom stereocenters. The fraction of sp³-hybridized carbons (Fsp3) is 0.200. The first kappa shape index (κ1) is 16.0. The Morgan fingerprint density at radius 1 is 1.14 bits per heavy atom. The van der Waals surface area contributed by atoms with Gasteiger partial charge in [-0.3, -0.25) is 0 Å². The van der Waals surface area contributed by atoms with Gasteiger partial charge in [-0.2, -0.15) is 4.31 Å². The number of hydrogen-bond donors (Lipinski definition) is 1. The highest BCUT2D eigenvalue weighted by Gasteiger charge is 2.28. The van der Waals surface area contributed by atoms with Gasteiger partial charge >= 0.3 is 0 Å². The Balaban J connectivity index is 2.39. The molecule has 0 fully saturated rings. The highest BCUT2D eigenvalue weighted by Crippen LogP contribution is 2.30. The van der Waals surface area contributed by atoms with Gasteiger partial charge in [-0.15, -0.1) is 0 Å². The van der Waals surface area contributed by atoms with Crippen LogP contribution in [-0.4, -0.2) is 19.8 Å². The Kier molecular flexibility index (Phi) is 4.70. The summed E-state index contributed by atoms with van der Waals surface area (Å²) in [6.45, 7) is 1.86. The van der Waals surface area contributed by atoms with Crippen molar-refractivity contribution in [3.63, 3.8) is 0 Å². The molecule has 112 valence electrons. The van der Waals surface area contributed by atoms with E-state index in [-0.39, 0.29) is 10.9 Å². The average molecular weight is 369 g/mol. The molecule has 4 nitrogen and oxygen atoms in total. The van der Waals surface area contributed by atoms with Gasteiger partial charge < -0.3 is 5.73 Å². The number of halogens is 1. The van der Waals surface area contributed by atoms with Crippen LogP contribution >= 0.6 is 15.9 Å². The molecule has 0 aliphatic rings. The normalized spacial score (nSPS) is 13.3. The van der Waals surface area contributed by atoms with E-state index >= 15 is 0 Å². The first-order valence-electron chi connectivity index (χ1n) is 6.42. The molecule has 0 aliphatic heterocycles. The van der Waals surface area contributed by atoms with Crippen molar-refractivity contribution in [2.75, 3.05) is 12.8 Å². The fourth-order valence-electron chi connectivity index (χ4n) is 2.03. The van der Waals surface area contributed by atoms with Gasteiger partial charge in [-0.1, -0.05) is 30.3 Å². The molecule has 0 heterocycles. The van der Waals surface area contributed by atoms with Crippen molar-refractivity contribution in [2.45, 2.75) is 17.9 Å². The lowest BCUT2D eigenvalue weighted by Crippen LogP contribution is -2.30. The van der Waals surface area contributed by atoms with Gasteiger partial charge in [0.2, 0.25) is 10.0 Å². The Hall–Kier alpha value is -1.37. The van der Waals surface area contributed by atoms with Crippen LogP contribution in [0, 0.1) is 0 Å². The Morgan fingerprint density at radius 2 is 1.76 bits per heavy atom. The van der Waals surface area contributed by atoms with E-state index in [1.54, 1.807) is 19.2 Å². The number of hydrogen-bond acceptors (Lipinski definition) is 3. The monoisotopic (exact) mass is 368 g/mol. The lowest BCUT2D eigenvalue weighted by Gasteiger charge is -2.25. The molecule has 0 bridgehead atoms. The number of sulfonamides is 1. The minimum atomic E-state index is -3.60. The summed E-state index contributed by atoms with van der Waals surface area (Å²) >= 11 is 3.27. The largest absolute Gasteiger partial charge is 0.399 e. The SMILES string of the molecule is CC(c1ccccc1)N(C)S(=O)(=O)c1ccc(N)cc1Br. The summed E-state index contributed by atoms with van der Waals surface area (Å²) in [6.07, 6.45) is 0. The Labute approximate surface area is 133 Å². The maximum Gasteiger partial charge on any atom is 0.244 e. The summed E-state index contributed by atoms with van der Waals surface area (Å²) in [7, 11) is -2.02. The zero-order chi connectivity index (χ0) is 15.6. The van der Waals surface area contributed by atoms with Crippen molar-refractivity contribution >= 4 is 31.6 Å². The van der Waals surface area contributed by atoms with E-state index in [0.29, 0.717) is 10.2 Å². The molecule has 21 heavy (non-hydrogen) atoms. The van der Waals surface area contributed by atoms with E-state index in [1.807, 2.05) is 37.3 Å². The zero-order valence-electron chi connectivity index (χ0n) is 11.8. The van der Waals surface area contributed by atoms with Crippen LogP contribution in [-0.2, 0) is 10.0 Å². The Bertz CT molecular complexity index is 733. The second kappa shape index (κ2) is 6.17. The van der Waals surface area contributed by atoms with E-state index in [4.69, 9.17) is 5.73 Å². The van der Waals surface area contributed by atoms with Crippen LogP contribution in [0.25, 0.3) is 0 Å². The average Bonchev–Trinajstić information content (AvgIpc) is 2.46. The molecule has 0 radical (unpaired) electrons. The van der Waals surface area contributed by atoms with Gasteiger partial charge in [-0.05, 0) is 46.6 Å². The van der Waals surface area contributed by atoms with Crippen molar-refractivity contribution in [3.8, 4) is 0 Å². The third kappa shape index (κ3) is 3.28. The minimum Gasteiger partial charge on any atom is -0.399 e. The van der Waals surface area contributed by atoms with Crippen molar-refractivity contribution < 1.29 is 8.42 Å². The van der Waals surface area contributed by atoms with Gasteiger partial charge in [0.05, 0.1) is 4.90 Å². The van der Waals surface area contributed by atoms with Crippen LogP contribution in [0.5, 0.6) is 0 Å². The van der Waals surface area contributed by atoms with E-state index in [0.717, 1.165) is 5.56 Å². The molecule has 0 aliphatic carbocycles. The smallest absolute Gasteiger partial charge is 0.244 e. The van der Waals surface area contributed by atoms with E-state index < -0.39 is 10.0 Å².